The number of urea groups is 1. The van der Waals surface area contributed by atoms with Gasteiger partial charge in [-0.3, -0.25) is 4.79 Å². The predicted octanol–water partition coefficient (Wildman–Crippen LogP) is 3.74. The lowest BCUT2D eigenvalue weighted by molar-refractivity contribution is -0.0891. The lowest BCUT2D eigenvalue weighted by atomic mass is 9.73. The minimum atomic E-state index is -0.779. The van der Waals surface area contributed by atoms with Crippen LogP contribution in [-0.4, -0.2) is 60.6 Å². The zero-order valence-electron chi connectivity index (χ0n) is 17.7. The smallest absolute Gasteiger partial charge is 0.409 e. The van der Waals surface area contributed by atoms with E-state index in [1.165, 1.54) is 23.5 Å². The zero-order valence-corrected chi connectivity index (χ0v) is 18.5. The molecule has 32 heavy (non-hydrogen) atoms. The number of carbonyl (C=O) groups excluding carboxylic acids is 3. The number of anilines is 1. The fraction of sp³-hybridized carbons (Fsp3) is 0.409. The number of nitrogens with two attached hydrogens (primary N) is 1. The topological polar surface area (TPSA) is 105 Å². The molecule has 1 aromatic heterocycles. The number of amides is 4. The molecule has 2 saturated heterocycles. The summed E-state index contributed by atoms with van der Waals surface area (Å²) in [6.45, 7) is 4.62. The second-order valence-corrected chi connectivity index (χ2v) is 9.39. The zero-order chi connectivity index (χ0) is 22.9. The van der Waals surface area contributed by atoms with Crippen LogP contribution >= 0.6 is 11.3 Å². The molecule has 2 fully saturated rings. The molecule has 2 aromatic rings. The van der Waals surface area contributed by atoms with Gasteiger partial charge in [0.05, 0.1) is 12.3 Å². The molecule has 0 saturated carbocycles. The average molecular weight is 461 g/mol. The molecule has 0 radical (unpaired) electrons. The SMILES string of the molecule is CCCCOC(=O)N1CC2(C1)CN(C(=O)c1sc(-c3cccc(F)c3)cc1NC(N)=O)C2. The number of likely N-dealkylation sites (tertiary alicyclic amines) is 2. The van der Waals surface area contributed by atoms with Gasteiger partial charge in [-0.05, 0) is 30.2 Å². The summed E-state index contributed by atoms with van der Waals surface area (Å²) in [4.78, 5) is 40.9. The Labute approximate surface area is 189 Å². The predicted molar refractivity (Wildman–Crippen MR) is 119 cm³/mol. The molecule has 0 unspecified atom stereocenters. The summed E-state index contributed by atoms with van der Waals surface area (Å²) in [5.74, 6) is -0.614. The van der Waals surface area contributed by atoms with Gasteiger partial charge in [0.15, 0.2) is 0 Å². The quantitative estimate of drug-likeness (QED) is 0.641. The van der Waals surface area contributed by atoms with E-state index in [9.17, 15) is 18.8 Å². The van der Waals surface area contributed by atoms with Crippen LogP contribution in [0.15, 0.2) is 30.3 Å². The maximum absolute atomic E-state index is 13.6. The first-order valence-electron chi connectivity index (χ1n) is 10.5. The van der Waals surface area contributed by atoms with Crippen LogP contribution in [0.4, 0.5) is 19.7 Å². The molecule has 10 heteroatoms. The first kappa shape index (κ1) is 22.1. The van der Waals surface area contributed by atoms with Gasteiger partial charge in [0.2, 0.25) is 0 Å². The molecule has 3 N–H and O–H groups in total. The van der Waals surface area contributed by atoms with Crippen LogP contribution < -0.4 is 11.1 Å². The van der Waals surface area contributed by atoms with Crippen molar-refractivity contribution < 1.29 is 23.5 Å². The number of benzene rings is 1. The number of hydrogen-bond donors (Lipinski definition) is 2. The molecule has 1 aromatic carbocycles. The van der Waals surface area contributed by atoms with Crippen molar-refractivity contribution in [2.45, 2.75) is 19.8 Å². The molecule has 0 bridgehead atoms. The lowest BCUT2D eigenvalue weighted by Crippen LogP contribution is -2.73. The van der Waals surface area contributed by atoms with Gasteiger partial charge in [-0.2, -0.15) is 0 Å². The molecule has 0 atom stereocenters. The van der Waals surface area contributed by atoms with E-state index in [2.05, 4.69) is 5.32 Å². The number of unbranched alkanes of at least 4 members (excludes halogenated alkanes) is 1. The summed E-state index contributed by atoms with van der Waals surface area (Å²) in [5, 5.41) is 2.50. The largest absolute Gasteiger partial charge is 0.449 e. The van der Waals surface area contributed by atoms with Gasteiger partial charge in [0, 0.05) is 36.5 Å². The minimum absolute atomic E-state index is 0.0979. The van der Waals surface area contributed by atoms with Crippen molar-refractivity contribution in [1.29, 1.82) is 0 Å². The fourth-order valence-corrected chi connectivity index (χ4v) is 5.18. The van der Waals surface area contributed by atoms with Gasteiger partial charge in [0.25, 0.3) is 5.91 Å². The number of ether oxygens (including phenoxy) is 1. The number of carbonyl (C=O) groups is 3. The van der Waals surface area contributed by atoms with Crippen molar-refractivity contribution in [2.24, 2.45) is 11.1 Å². The second kappa shape index (κ2) is 8.78. The Hall–Kier alpha value is -3.14. The van der Waals surface area contributed by atoms with E-state index in [0.717, 1.165) is 12.8 Å². The van der Waals surface area contributed by atoms with Crippen LogP contribution in [0.3, 0.4) is 0 Å². The van der Waals surface area contributed by atoms with E-state index in [1.807, 2.05) is 6.92 Å². The number of rotatable bonds is 6. The molecule has 4 rings (SSSR count). The molecular formula is C22H25FN4O4S. The summed E-state index contributed by atoms with van der Waals surface area (Å²) < 4.78 is 18.9. The first-order valence-corrected chi connectivity index (χ1v) is 11.3. The van der Waals surface area contributed by atoms with Crippen LogP contribution in [0.5, 0.6) is 0 Å². The fourth-order valence-electron chi connectivity index (χ4n) is 4.10. The highest BCUT2D eigenvalue weighted by molar-refractivity contribution is 7.18. The normalized spacial score (nSPS) is 16.3. The van der Waals surface area contributed by atoms with E-state index in [4.69, 9.17) is 10.5 Å². The molecule has 0 aliphatic carbocycles. The number of hydrogen-bond acceptors (Lipinski definition) is 5. The first-order chi connectivity index (χ1) is 15.3. The van der Waals surface area contributed by atoms with E-state index in [-0.39, 0.29) is 23.2 Å². The monoisotopic (exact) mass is 460 g/mol. The van der Waals surface area contributed by atoms with Gasteiger partial charge in [-0.15, -0.1) is 11.3 Å². The average Bonchev–Trinajstić information content (AvgIpc) is 3.09. The summed E-state index contributed by atoms with van der Waals surface area (Å²) in [6, 6.07) is 6.88. The van der Waals surface area contributed by atoms with Gasteiger partial charge < -0.3 is 25.6 Å². The Morgan fingerprint density at radius 2 is 1.91 bits per heavy atom. The highest BCUT2D eigenvalue weighted by Crippen LogP contribution is 2.43. The van der Waals surface area contributed by atoms with Gasteiger partial charge >= 0.3 is 12.1 Å². The third kappa shape index (κ3) is 4.40. The Morgan fingerprint density at radius 1 is 1.19 bits per heavy atom. The second-order valence-electron chi connectivity index (χ2n) is 8.34. The van der Waals surface area contributed by atoms with Crippen molar-refractivity contribution in [1.82, 2.24) is 9.80 Å². The van der Waals surface area contributed by atoms with E-state index < -0.39 is 6.03 Å². The van der Waals surface area contributed by atoms with E-state index >= 15 is 0 Å². The van der Waals surface area contributed by atoms with Crippen LogP contribution in [0.1, 0.15) is 29.4 Å². The number of halogens is 1. The van der Waals surface area contributed by atoms with E-state index in [0.29, 0.717) is 53.8 Å². The van der Waals surface area contributed by atoms with Crippen LogP contribution in [-0.2, 0) is 4.74 Å². The molecule has 4 amide bonds. The maximum atomic E-state index is 13.6. The Balaban J connectivity index is 1.41. The van der Waals surface area contributed by atoms with Crippen molar-refractivity contribution in [3.8, 4) is 10.4 Å². The third-order valence-electron chi connectivity index (χ3n) is 5.67. The summed E-state index contributed by atoms with van der Waals surface area (Å²) in [7, 11) is 0. The number of nitrogens with zero attached hydrogens (tertiary/aromatic N) is 2. The molecule has 2 aliphatic heterocycles. The van der Waals surface area contributed by atoms with Crippen LogP contribution in [0, 0.1) is 11.2 Å². The molecule has 1 spiro atoms. The summed E-state index contributed by atoms with van der Waals surface area (Å²) in [5.41, 5.74) is 6.09. The van der Waals surface area contributed by atoms with Crippen molar-refractivity contribution in [3.05, 3.63) is 41.0 Å². The lowest BCUT2D eigenvalue weighted by Gasteiger charge is -2.59. The number of thiophene rings is 1. The van der Waals surface area contributed by atoms with Gasteiger partial charge in [-0.25, -0.2) is 14.0 Å². The van der Waals surface area contributed by atoms with Crippen LogP contribution in [0.25, 0.3) is 10.4 Å². The highest BCUT2D eigenvalue weighted by atomic mass is 32.1. The summed E-state index contributed by atoms with van der Waals surface area (Å²) >= 11 is 1.18. The van der Waals surface area contributed by atoms with Crippen molar-refractivity contribution >= 4 is 35.1 Å². The Kier molecular flexibility index (Phi) is 6.05. The van der Waals surface area contributed by atoms with E-state index in [1.54, 1.807) is 28.0 Å². The highest BCUT2D eigenvalue weighted by Gasteiger charge is 2.55. The van der Waals surface area contributed by atoms with Crippen molar-refractivity contribution in [2.75, 3.05) is 38.1 Å². The standard InChI is InChI=1S/C22H25FN4O4S/c1-2-3-7-31-21(30)27-12-22(13-27)10-26(11-22)19(28)18-16(25-20(24)29)9-17(32-18)14-5-4-6-15(23)8-14/h4-6,8-9H,2-3,7,10-13H2,1H3,(H3,24,25,29). The minimum Gasteiger partial charge on any atom is -0.449 e. The molecular weight excluding hydrogens is 435 g/mol. The van der Waals surface area contributed by atoms with Crippen molar-refractivity contribution in [3.63, 3.8) is 0 Å². The third-order valence-corrected chi connectivity index (χ3v) is 6.84. The summed E-state index contributed by atoms with van der Waals surface area (Å²) in [6.07, 6.45) is 1.50. The molecule has 8 nitrogen and oxygen atoms in total. The maximum Gasteiger partial charge on any atom is 0.409 e. The molecule has 2 aliphatic rings. The number of nitrogens with one attached hydrogen (secondary N) is 1. The van der Waals surface area contributed by atoms with Gasteiger partial charge in [-0.1, -0.05) is 25.5 Å². The number of primary amides is 1. The Bertz CT molecular complexity index is 1040. The molecule has 170 valence electrons. The Morgan fingerprint density at radius 3 is 2.56 bits per heavy atom. The van der Waals surface area contributed by atoms with Crippen LogP contribution in [0.2, 0.25) is 0 Å². The molecule has 3 heterocycles. The van der Waals surface area contributed by atoms with Gasteiger partial charge in [0.1, 0.15) is 10.7 Å².